The molecule has 3 rings (SSSR count). The Morgan fingerprint density at radius 3 is 2.30 bits per heavy atom. The van der Waals surface area contributed by atoms with Crippen LogP contribution in [-0.4, -0.2) is 18.0 Å². The Hall–Kier alpha value is -2.54. The number of aryl methyl sites for hydroxylation is 1. The predicted molar refractivity (Wildman–Crippen MR) is 87.5 cm³/mol. The van der Waals surface area contributed by atoms with E-state index in [2.05, 4.69) is 4.98 Å². The van der Waals surface area contributed by atoms with Gasteiger partial charge < -0.3 is 5.73 Å². The normalized spacial score (nSPS) is 11.0. The summed E-state index contributed by atoms with van der Waals surface area (Å²) in [4.78, 5) is 4.36. The fraction of sp³-hybridized carbons (Fsp3) is 0.0714. The molecule has 23 heavy (non-hydrogen) atoms. The van der Waals surface area contributed by atoms with Crippen molar-refractivity contribution in [1.29, 1.82) is 10.8 Å². The summed E-state index contributed by atoms with van der Waals surface area (Å²) in [5.41, 5.74) is 8.19. The summed E-state index contributed by atoms with van der Waals surface area (Å²) in [6.07, 6.45) is 0. The van der Waals surface area contributed by atoms with Crippen molar-refractivity contribution < 1.29 is 13.0 Å². The lowest BCUT2D eigenvalue weighted by atomic mass is 10.2. The number of fused-ring (bicyclic) bond motifs is 1. The highest BCUT2D eigenvalue weighted by Gasteiger charge is 2.20. The minimum Gasteiger partial charge on any atom is -0.399 e. The summed E-state index contributed by atoms with van der Waals surface area (Å²) in [7, 11) is -4.29. The fourth-order valence-corrected chi connectivity index (χ4v) is 4.45. The first-order valence-electron chi connectivity index (χ1n) is 6.30. The van der Waals surface area contributed by atoms with Crippen LogP contribution in [0.2, 0.25) is 0 Å². The van der Waals surface area contributed by atoms with Crippen LogP contribution in [0, 0.1) is 17.7 Å². The first-order valence-corrected chi connectivity index (χ1v) is 8.55. The molecular formula is C14H12N4O3S2. The Labute approximate surface area is 136 Å². The summed E-state index contributed by atoms with van der Waals surface area (Å²) in [5, 5.41) is 12.7. The van der Waals surface area contributed by atoms with Crippen LogP contribution >= 0.6 is 11.3 Å². The number of hydrogen-bond donors (Lipinski definition) is 2. The van der Waals surface area contributed by atoms with Gasteiger partial charge in [-0.1, -0.05) is 6.07 Å². The zero-order chi connectivity index (χ0) is 17.2. The van der Waals surface area contributed by atoms with Gasteiger partial charge in [0, 0.05) is 22.0 Å². The van der Waals surface area contributed by atoms with E-state index in [1.807, 2.05) is 12.1 Å². The third-order valence-corrected chi connectivity index (χ3v) is 5.43. The van der Waals surface area contributed by atoms with Crippen LogP contribution in [0.15, 0.2) is 41.3 Å². The minimum atomic E-state index is -4.29. The number of hydrogen-bond acceptors (Lipinski definition) is 7. The molecule has 2 aromatic carbocycles. The molecule has 0 fully saturated rings. The van der Waals surface area contributed by atoms with Gasteiger partial charge in [0.15, 0.2) is 0 Å². The van der Waals surface area contributed by atoms with Crippen molar-refractivity contribution >= 4 is 37.4 Å². The van der Waals surface area contributed by atoms with Gasteiger partial charge in [-0.2, -0.15) is 8.42 Å². The maximum atomic E-state index is 11.6. The van der Waals surface area contributed by atoms with Gasteiger partial charge in [0.05, 0.1) is 10.2 Å². The molecule has 0 spiro atoms. The Morgan fingerprint density at radius 2 is 1.74 bits per heavy atom. The quantitative estimate of drug-likeness (QED) is 0.411. The van der Waals surface area contributed by atoms with E-state index in [-0.39, 0.29) is 4.90 Å². The highest BCUT2D eigenvalue weighted by molar-refractivity contribution is 7.86. The van der Waals surface area contributed by atoms with Gasteiger partial charge in [-0.05, 0) is 42.8 Å². The Bertz CT molecular complexity index is 976. The monoisotopic (exact) mass is 348 g/mol. The molecule has 0 aliphatic carbocycles. The maximum Gasteiger partial charge on any atom is 0.296 e. The van der Waals surface area contributed by atoms with Crippen LogP contribution in [-0.2, 0) is 10.1 Å². The average molecular weight is 348 g/mol. The Morgan fingerprint density at radius 1 is 1.13 bits per heavy atom. The summed E-state index contributed by atoms with van der Waals surface area (Å²) >= 11 is 1.23. The highest BCUT2D eigenvalue weighted by atomic mass is 32.2. The number of aromatic nitrogens is 1. The van der Waals surface area contributed by atoms with Gasteiger partial charge >= 0.3 is 0 Å². The smallest absolute Gasteiger partial charge is 0.296 e. The second-order valence-corrected chi connectivity index (χ2v) is 7.03. The van der Waals surface area contributed by atoms with Crippen molar-refractivity contribution in [3.63, 3.8) is 0 Å². The van der Waals surface area contributed by atoms with E-state index in [4.69, 9.17) is 16.5 Å². The van der Waals surface area contributed by atoms with Gasteiger partial charge in [-0.15, -0.1) is 11.3 Å². The number of thiazole rings is 1. The maximum absolute atomic E-state index is 11.6. The van der Waals surface area contributed by atoms with Gasteiger partial charge in [0.25, 0.3) is 10.1 Å². The van der Waals surface area contributed by atoms with Crippen molar-refractivity contribution in [3.05, 3.63) is 42.0 Å². The summed E-state index contributed by atoms with van der Waals surface area (Å²) < 4.78 is 33.0. The van der Waals surface area contributed by atoms with Crippen molar-refractivity contribution in [1.82, 2.24) is 4.98 Å². The zero-order valence-corrected chi connectivity index (χ0v) is 13.6. The standard InChI is InChI=1S/C14H12N2O3S2.N2/c1-8-2-7-11-12(13(8)21(17,18)19)20-14(16-11)9-3-5-10(15)6-4-9;1-2/h2-7H,15H2,1H3,(H,17,18,19);. The predicted octanol–water partition coefficient (Wildman–Crippen LogP) is 3.13. The van der Waals surface area contributed by atoms with E-state index in [1.54, 1.807) is 31.2 Å². The SMILES string of the molecule is Cc1ccc2nc(-c3ccc(N)cc3)sc2c1S(=O)(=O)O.N#N. The Kier molecular flexibility index (Phi) is 4.60. The molecular weight excluding hydrogens is 336 g/mol. The molecule has 0 unspecified atom stereocenters. The molecule has 0 aliphatic heterocycles. The molecule has 0 aliphatic rings. The first kappa shape index (κ1) is 16.8. The molecule has 118 valence electrons. The van der Waals surface area contributed by atoms with Gasteiger partial charge in [-0.3, -0.25) is 4.55 Å². The lowest BCUT2D eigenvalue weighted by Gasteiger charge is -2.02. The minimum absolute atomic E-state index is 0.0702. The molecule has 3 N–H and O–H groups in total. The third-order valence-electron chi connectivity index (χ3n) is 3.12. The largest absolute Gasteiger partial charge is 0.399 e. The fourth-order valence-electron chi connectivity index (χ4n) is 2.14. The molecule has 0 saturated heterocycles. The van der Waals surface area contributed by atoms with Crippen molar-refractivity contribution in [2.24, 2.45) is 0 Å². The first-order chi connectivity index (χ1) is 10.9. The molecule has 1 heterocycles. The van der Waals surface area contributed by atoms with E-state index in [1.165, 1.54) is 11.3 Å². The van der Waals surface area contributed by atoms with Gasteiger partial charge in [0.1, 0.15) is 9.90 Å². The zero-order valence-electron chi connectivity index (χ0n) is 12.0. The summed E-state index contributed by atoms with van der Waals surface area (Å²) in [5.74, 6) is 0. The number of anilines is 1. The molecule has 9 heteroatoms. The van der Waals surface area contributed by atoms with E-state index in [0.717, 1.165) is 5.56 Å². The van der Waals surface area contributed by atoms with E-state index in [9.17, 15) is 13.0 Å². The molecule has 1 aromatic heterocycles. The van der Waals surface area contributed by atoms with Crippen LogP contribution in [0.5, 0.6) is 0 Å². The molecule has 0 bridgehead atoms. The number of nitrogens with zero attached hydrogens (tertiary/aromatic N) is 3. The topological polar surface area (TPSA) is 141 Å². The summed E-state index contributed by atoms with van der Waals surface area (Å²) in [6.45, 7) is 1.64. The van der Waals surface area contributed by atoms with Gasteiger partial charge in [0.2, 0.25) is 0 Å². The number of nitrogens with two attached hydrogens (primary N) is 1. The number of nitrogen functional groups attached to an aromatic ring is 1. The second-order valence-electron chi connectivity index (χ2n) is 4.68. The number of rotatable bonds is 2. The van der Waals surface area contributed by atoms with E-state index < -0.39 is 10.1 Å². The van der Waals surface area contributed by atoms with Crippen LogP contribution in [0.4, 0.5) is 5.69 Å². The summed E-state index contributed by atoms with van der Waals surface area (Å²) in [6, 6.07) is 10.6. The van der Waals surface area contributed by atoms with Gasteiger partial charge in [-0.25, -0.2) is 4.98 Å². The average Bonchev–Trinajstić information content (AvgIpc) is 2.92. The van der Waals surface area contributed by atoms with Crippen LogP contribution in [0.3, 0.4) is 0 Å². The molecule has 0 atom stereocenters. The molecule has 3 aromatic rings. The molecule has 0 radical (unpaired) electrons. The van der Waals surface area contributed by atoms with Crippen molar-refractivity contribution in [3.8, 4) is 10.6 Å². The van der Waals surface area contributed by atoms with Crippen LogP contribution in [0.1, 0.15) is 5.56 Å². The lowest BCUT2D eigenvalue weighted by Crippen LogP contribution is -2.00. The Balaban J connectivity index is 0.000000924. The number of benzene rings is 2. The third kappa shape index (κ3) is 3.29. The van der Waals surface area contributed by atoms with E-state index in [0.29, 0.717) is 26.5 Å². The highest BCUT2D eigenvalue weighted by Crippen LogP contribution is 2.35. The van der Waals surface area contributed by atoms with Crippen LogP contribution < -0.4 is 5.73 Å². The second kappa shape index (κ2) is 6.29. The molecule has 0 saturated carbocycles. The van der Waals surface area contributed by atoms with Crippen LogP contribution in [0.25, 0.3) is 20.8 Å². The lowest BCUT2D eigenvalue weighted by molar-refractivity contribution is 0.484. The molecule has 0 amide bonds. The van der Waals surface area contributed by atoms with Crippen molar-refractivity contribution in [2.45, 2.75) is 11.8 Å². The van der Waals surface area contributed by atoms with Crippen molar-refractivity contribution in [2.75, 3.05) is 5.73 Å². The van der Waals surface area contributed by atoms with E-state index >= 15 is 0 Å². The molecule has 7 nitrogen and oxygen atoms in total.